The molecule has 3 N–H and O–H groups in total. The highest BCUT2D eigenvalue weighted by Gasteiger charge is 2.43. The summed E-state index contributed by atoms with van der Waals surface area (Å²) in [4.78, 5) is 11.9. The number of rotatable bonds is 2. The lowest BCUT2D eigenvalue weighted by Crippen LogP contribution is -2.25. The lowest BCUT2D eigenvalue weighted by molar-refractivity contribution is -0.286. The van der Waals surface area contributed by atoms with E-state index in [0.717, 1.165) is 0 Å². The number of nitrogens with two attached hydrogens (primary N) is 1. The average Bonchev–Trinajstić information content (AvgIpc) is 2.72. The summed E-state index contributed by atoms with van der Waals surface area (Å²) in [5.74, 6) is -0.656. The van der Waals surface area contributed by atoms with Crippen LogP contribution in [0, 0.1) is 0 Å². The summed E-state index contributed by atoms with van der Waals surface area (Å²) in [6.45, 7) is 0. The summed E-state index contributed by atoms with van der Waals surface area (Å²) in [5.41, 5.74) is 5.64. The minimum absolute atomic E-state index is 0.0344. The maximum atomic E-state index is 12.9. The molecule has 0 bridgehead atoms. The number of anilines is 2. The minimum atomic E-state index is -3.70. The fourth-order valence-electron chi connectivity index (χ4n) is 1.69. The summed E-state index contributed by atoms with van der Waals surface area (Å²) >= 11 is 0. The molecule has 21 heavy (non-hydrogen) atoms. The summed E-state index contributed by atoms with van der Waals surface area (Å²) in [7, 11) is 0. The predicted octanol–water partition coefficient (Wildman–Crippen LogP) is 1.63. The van der Waals surface area contributed by atoms with Crippen molar-refractivity contribution in [3.8, 4) is 11.5 Å². The van der Waals surface area contributed by atoms with E-state index in [1.807, 2.05) is 0 Å². The molecule has 0 aliphatic carbocycles. The quantitative estimate of drug-likeness (QED) is 0.873. The van der Waals surface area contributed by atoms with Crippen LogP contribution in [0.15, 0.2) is 30.3 Å². The van der Waals surface area contributed by atoms with E-state index in [0.29, 0.717) is 0 Å². The molecule has 0 atom stereocenters. The highest BCUT2D eigenvalue weighted by atomic mass is 19.3. The maximum Gasteiger partial charge on any atom is 0.586 e. The Morgan fingerprint density at radius 3 is 2.62 bits per heavy atom. The van der Waals surface area contributed by atoms with Gasteiger partial charge in [-0.2, -0.15) is 0 Å². The van der Waals surface area contributed by atoms with Gasteiger partial charge in [0, 0.05) is 11.8 Å². The van der Waals surface area contributed by atoms with Crippen LogP contribution in [-0.4, -0.2) is 22.4 Å². The number of ether oxygens (including phenoxy) is 2. The van der Waals surface area contributed by atoms with Crippen molar-refractivity contribution in [3.63, 3.8) is 0 Å². The van der Waals surface area contributed by atoms with E-state index >= 15 is 0 Å². The van der Waals surface area contributed by atoms with Gasteiger partial charge in [0.25, 0.3) is 5.91 Å². The number of nitrogen functional groups attached to an aromatic ring is 1. The number of amides is 1. The van der Waals surface area contributed by atoms with E-state index in [-0.39, 0.29) is 28.7 Å². The number of hydrogen-bond acceptors (Lipinski definition) is 6. The lowest BCUT2D eigenvalue weighted by Gasteiger charge is -2.05. The van der Waals surface area contributed by atoms with E-state index in [9.17, 15) is 13.6 Å². The van der Waals surface area contributed by atoms with Crippen LogP contribution in [0.1, 0.15) is 10.5 Å². The molecule has 1 aromatic carbocycles. The van der Waals surface area contributed by atoms with Gasteiger partial charge in [-0.05, 0) is 24.3 Å². The molecular weight excluding hydrogens is 286 g/mol. The number of nitrogens with zero attached hydrogens (tertiary/aromatic N) is 2. The zero-order valence-corrected chi connectivity index (χ0v) is 10.3. The van der Waals surface area contributed by atoms with Gasteiger partial charge in [-0.3, -0.25) is 4.79 Å². The zero-order chi connectivity index (χ0) is 15.0. The first-order chi connectivity index (χ1) is 9.93. The van der Waals surface area contributed by atoms with Crippen molar-refractivity contribution in [1.82, 2.24) is 10.2 Å². The standard InChI is InChI=1S/C12H8F2N4O3/c13-12(14)20-8-3-1-6(5-9(8)21-12)16-11(19)7-2-4-10(15)18-17-7/h1-5H,(H2,15,18)(H,16,19). The molecule has 9 heteroatoms. The summed E-state index contributed by atoms with van der Waals surface area (Å²) < 4.78 is 34.3. The predicted molar refractivity (Wildman–Crippen MR) is 67.0 cm³/mol. The van der Waals surface area contributed by atoms with Crippen LogP contribution in [0.3, 0.4) is 0 Å². The van der Waals surface area contributed by atoms with Crippen molar-refractivity contribution < 1.29 is 23.0 Å². The second-order valence-corrected chi connectivity index (χ2v) is 4.13. The maximum absolute atomic E-state index is 12.9. The van der Waals surface area contributed by atoms with Crippen molar-refractivity contribution in [1.29, 1.82) is 0 Å². The van der Waals surface area contributed by atoms with Crippen LogP contribution < -0.4 is 20.5 Å². The molecule has 0 radical (unpaired) electrons. The zero-order valence-electron chi connectivity index (χ0n) is 10.3. The van der Waals surface area contributed by atoms with E-state index in [1.54, 1.807) is 0 Å². The third-order valence-electron chi connectivity index (χ3n) is 2.58. The first-order valence-corrected chi connectivity index (χ1v) is 5.73. The first-order valence-electron chi connectivity index (χ1n) is 5.73. The van der Waals surface area contributed by atoms with Gasteiger partial charge in [-0.25, -0.2) is 0 Å². The number of carbonyl (C=O) groups is 1. The smallest absolute Gasteiger partial charge is 0.395 e. The Kier molecular flexibility index (Phi) is 2.82. The Hall–Kier alpha value is -2.97. The van der Waals surface area contributed by atoms with Crippen LogP contribution in [0.5, 0.6) is 11.5 Å². The molecule has 0 saturated heterocycles. The van der Waals surface area contributed by atoms with Gasteiger partial charge < -0.3 is 20.5 Å². The summed E-state index contributed by atoms with van der Waals surface area (Å²) in [6, 6.07) is 6.69. The van der Waals surface area contributed by atoms with Gasteiger partial charge in [-0.15, -0.1) is 19.0 Å². The van der Waals surface area contributed by atoms with Crippen LogP contribution in [0.25, 0.3) is 0 Å². The van der Waals surface area contributed by atoms with Gasteiger partial charge in [0.15, 0.2) is 17.2 Å². The highest BCUT2D eigenvalue weighted by molar-refractivity contribution is 6.02. The molecule has 1 aromatic heterocycles. The number of carbonyl (C=O) groups excluding carboxylic acids is 1. The number of nitrogens with one attached hydrogen (secondary N) is 1. The third-order valence-corrected chi connectivity index (χ3v) is 2.58. The molecular formula is C12H8F2N4O3. The number of aromatic nitrogens is 2. The molecule has 108 valence electrons. The number of fused-ring (bicyclic) bond motifs is 1. The average molecular weight is 294 g/mol. The van der Waals surface area contributed by atoms with Crippen LogP contribution in [0.4, 0.5) is 20.3 Å². The second kappa shape index (κ2) is 4.54. The van der Waals surface area contributed by atoms with Crippen LogP contribution in [-0.2, 0) is 0 Å². The normalized spacial score (nSPS) is 14.8. The summed E-state index contributed by atoms with van der Waals surface area (Å²) in [6.07, 6.45) is -3.70. The van der Waals surface area contributed by atoms with Crippen LogP contribution in [0.2, 0.25) is 0 Å². The van der Waals surface area contributed by atoms with E-state index < -0.39 is 12.2 Å². The van der Waals surface area contributed by atoms with Crippen molar-refractivity contribution in [2.75, 3.05) is 11.1 Å². The van der Waals surface area contributed by atoms with Crippen molar-refractivity contribution in [2.45, 2.75) is 6.29 Å². The number of halogens is 2. The molecule has 1 amide bonds. The van der Waals surface area contributed by atoms with E-state index in [4.69, 9.17) is 5.73 Å². The van der Waals surface area contributed by atoms with Crippen molar-refractivity contribution in [3.05, 3.63) is 36.0 Å². The summed E-state index contributed by atoms with van der Waals surface area (Å²) in [5, 5.41) is 9.62. The fourth-order valence-corrected chi connectivity index (χ4v) is 1.69. The molecule has 0 unspecified atom stereocenters. The van der Waals surface area contributed by atoms with Gasteiger partial charge in [0.2, 0.25) is 0 Å². The topological polar surface area (TPSA) is 99.4 Å². The molecule has 0 saturated carbocycles. The Labute approximate surface area is 116 Å². The number of hydrogen-bond donors (Lipinski definition) is 2. The lowest BCUT2D eigenvalue weighted by atomic mass is 10.2. The number of benzene rings is 1. The minimum Gasteiger partial charge on any atom is -0.395 e. The molecule has 7 nitrogen and oxygen atoms in total. The van der Waals surface area contributed by atoms with Gasteiger partial charge in [0.1, 0.15) is 5.82 Å². The Morgan fingerprint density at radius 2 is 1.90 bits per heavy atom. The largest absolute Gasteiger partial charge is 0.586 e. The molecule has 1 aliphatic rings. The van der Waals surface area contributed by atoms with E-state index in [1.165, 1.54) is 30.3 Å². The van der Waals surface area contributed by atoms with Gasteiger partial charge in [0.05, 0.1) is 0 Å². The van der Waals surface area contributed by atoms with Gasteiger partial charge in [-0.1, -0.05) is 0 Å². The van der Waals surface area contributed by atoms with Crippen LogP contribution >= 0.6 is 0 Å². The molecule has 2 aromatic rings. The Bertz CT molecular complexity index is 706. The number of alkyl halides is 2. The van der Waals surface area contributed by atoms with Crippen molar-refractivity contribution in [2.24, 2.45) is 0 Å². The second-order valence-electron chi connectivity index (χ2n) is 4.13. The molecule has 3 rings (SSSR count). The van der Waals surface area contributed by atoms with Gasteiger partial charge >= 0.3 is 6.29 Å². The third kappa shape index (κ3) is 2.66. The SMILES string of the molecule is Nc1ccc(C(=O)Nc2ccc3c(c2)OC(F)(F)O3)nn1. The molecule has 0 spiro atoms. The molecule has 1 aliphatic heterocycles. The van der Waals surface area contributed by atoms with E-state index in [2.05, 4.69) is 25.0 Å². The Morgan fingerprint density at radius 1 is 1.14 bits per heavy atom. The first kappa shape index (κ1) is 13.0. The molecule has 0 fully saturated rings. The van der Waals surface area contributed by atoms with Crippen molar-refractivity contribution >= 4 is 17.4 Å². The fraction of sp³-hybridized carbons (Fsp3) is 0.0833. The molecule has 2 heterocycles. The monoisotopic (exact) mass is 294 g/mol. The highest BCUT2D eigenvalue weighted by Crippen LogP contribution is 2.42. The Balaban J connectivity index is 1.77.